The summed E-state index contributed by atoms with van der Waals surface area (Å²) < 4.78 is 50.4. The summed E-state index contributed by atoms with van der Waals surface area (Å²) in [6.45, 7) is 2.13. The van der Waals surface area contributed by atoms with Gasteiger partial charge in [0.2, 0.25) is 0 Å². The van der Waals surface area contributed by atoms with Crippen LogP contribution in [0.25, 0.3) is 22.0 Å². The fourth-order valence-corrected chi connectivity index (χ4v) is 3.85. The zero-order valence-electron chi connectivity index (χ0n) is 20.4. The summed E-state index contributed by atoms with van der Waals surface area (Å²) in [5.74, 6) is 1.09. The van der Waals surface area contributed by atoms with Crippen molar-refractivity contribution in [3.8, 4) is 22.6 Å². The first-order valence-electron chi connectivity index (χ1n) is 11.3. The van der Waals surface area contributed by atoms with Crippen LogP contribution in [0, 0.1) is 0 Å². The van der Waals surface area contributed by atoms with Crippen molar-refractivity contribution in [1.82, 2.24) is 15.2 Å². The number of carbonyl (C=O) groups excluding carboxylic acids is 1. The number of hydrogen-bond acceptors (Lipinski definition) is 5. The summed E-state index contributed by atoms with van der Waals surface area (Å²) in [7, 11) is 3.15. The maximum Gasteiger partial charge on any atom is 0.399 e. The predicted molar refractivity (Wildman–Crippen MR) is 130 cm³/mol. The number of Topliss-reactive ketones (excluding diaryl/α,β-unsaturated/α-hetero) is 1. The Hall–Kier alpha value is -3.88. The highest BCUT2D eigenvalue weighted by Gasteiger charge is 2.50. The molecule has 0 saturated heterocycles. The molecule has 0 amide bonds. The van der Waals surface area contributed by atoms with E-state index in [0.717, 1.165) is 41.4 Å². The molecule has 0 unspecified atom stereocenters. The number of benzene rings is 2. The normalized spacial score (nSPS) is 12.1. The van der Waals surface area contributed by atoms with Crippen LogP contribution in [0.3, 0.4) is 0 Å². The van der Waals surface area contributed by atoms with Gasteiger partial charge in [-0.1, -0.05) is 24.3 Å². The second-order valence-corrected chi connectivity index (χ2v) is 9.11. The first kappa shape index (κ1) is 25.2. The lowest BCUT2D eigenvalue weighted by molar-refractivity contribution is -0.181. The van der Waals surface area contributed by atoms with E-state index in [0.29, 0.717) is 17.2 Å². The van der Waals surface area contributed by atoms with Gasteiger partial charge < -0.3 is 9.47 Å². The molecule has 2 aromatic carbocycles. The number of H-pyrrole nitrogens is 1. The van der Waals surface area contributed by atoms with Crippen LogP contribution >= 0.6 is 0 Å². The zero-order chi connectivity index (χ0) is 26.1. The molecular formula is C27H26F3N3O3. The molecule has 0 radical (unpaired) electrons. The van der Waals surface area contributed by atoms with Gasteiger partial charge in [-0.05, 0) is 43.2 Å². The van der Waals surface area contributed by atoms with Crippen LogP contribution in [0.1, 0.15) is 30.8 Å². The molecule has 2 heterocycles. The highest BCUT2D eigenvalue weighted by molar-refractivity contribution is 5.87. The molecule has 0 fully saturated rings. The summed E-state index contributed by atoms with van der Waals surface area (Å²) >= 11 is 0. The van der Waals surface area contributed by atoms with E-state index in [9.17, 15) is 18.0 Å². The molecule has 4 aromatic rings. The van der Waals surface area contributed by atoms with E-state index in [1.807, 2.05) is 42.5 Å². The van der Waals surface area contributed by atoms with Crippen LogP contribution in [0.5, 0.6) is 11.5 Å². The number of ether oxygens (including phenoxy) is 2. The van der Waals surface area contributed by atoms with E-state index < -0.39 is 11.6 Å². The maximum absolute atomic E-state index is 13.2. The van der Waals surface area contributed by atoms with Crippen LogP contribution in [0.4, 0.5) is 13.2 Å². The van der Waals surface area contributed by atoms with Gasteiger partial charge in [-0.15, -0.1) is 0 Å². The Morgan fingerprint density at radius 1 is 0.917 bits per heavy atom. The van der Waals surface area contributed by atoms with Gasteiger partial charge in [-0.2, -0.15) is 18.3 Å². The molecule has 0 bridgehead atoms. The van der Waals surface area contributed by atoms with E-state index >= 15 is 0 Å². The smallest absolute Gasteiger partial charge is 0.399 e. The average Bonchev–Trinajstić information content (AvgIpc) is 3.31. The van der Waals surface area contributed by atoms with Gasteiger partial charge in [0, 0.05) is 41.7 Å². The minimum absolute atomic E-state index is 0.0252. The summed E-state index contributed by atoms with van der Waals surface area (Å²) in [6, 6.07) is 14.5. The lowest BCUT2D eigenvalue weighted by Gasteiger charge is -2.25. The van der Waals surface area contributed by atoms with Crippen molar-refractivity contribution >= 4 is 16.7 Å². The molecule has 6 nitrogen and oxygen atoms in total. The molecular weight excluding hydrogens is 471 g/mol. The van der Waals surface area contributed by atoms with Gasteiger partial charge in [0.1, 0.15) is 11.2 Å². The highest BCUT2D eigenvalue weighted by Crippen LogP contribution is 2.39. The third-order valence-corrected chi connectivity index (χ3v) is 6.24. The standard InChI is InChI=1S/C27H26F3N3O3/c1-26(2,27(28,29)30)25-13-20(32-33-25)12-21(34)9-16-5-7-17(8-6-16)19-10-18-11-23(35-3)24(36-4)14-22(18)31-15-19/h5-8,10-11,13-15H,9,12H2,1-4H3,(H,32,33). The second-order valence-electron chi connectivity index (χ2n) is 9.11. The van der Waals surface area contributed by atoms with Crippen molar-refractivity contribution < 1.29 is 27.4 Å². The lowest BCUT2D eigenvalue weighted by atomic mass is 9.88. The average molecular weight is 498 g/mol. The van der Waals surface area contributed by atoms with Crippen LogP contribution in [0.15, 0.2) is 54.7 Å². The Balaban J connectivity index is 1.45. The molecule has 0 aliphatic carbocycles. The van der Waals surface area contributed by atoms with E-state index in [2.05, 4.69) is 15.2 Å². The van der Waals surface area contributed by atoms with Crippen LogP contribution in [-0.2, 0) is 23.1 Å². The summed E-state index contributed by atoms with van der Waals surface area (Å²) in [5, 5.41) is 7.25. The molecule has 0 aliphatic heterocycles. The molecule has 0 aliphatic rings. The molecule has 1 N–H and O–H groups in total. The topological polar surface area (TPSA) is 77.1 Å². The van der Waals surface area contributed by atoms with Gasteiger partial charge in [0.05, 0.1) is 25.4 Å². The van der Waals surface area contributed by atoms with Crippen molar-refractivity contribution in [2.24, 2.45) is 0 Å². The first-order chi connectivity index (χ1) is 17.0. The van der Waals surface area contributed by atoms with Gasteiger partial charge >= 0.3 is 6.18 Å². The number of carbonyl (C=O) groups is 1. The minimum Gasteiger partial charge on any atom is -0.493 e. The number of nitrogens with zero attached hydrogens (tertiary/aromatic N) is 2. The third-order valence-electron chi connectivity index (χ3n) is 6.24. The summed E-state index contributed by atoms with van der Waals surface area (Å²) in [5.41, 5.74) is 1.54. The molecule has 0 saturated carbocycles. The fourth-order valence-electron chi connectivity index (χ4n) is 3.85. The summed E-state index contributed by atoms with van der Waals surface area (Å²) in [4.78, 5) is 17.1. The van der Waals surface area contributed by atoms with Crippen LogP contribution < -0.4 is 9.47 Å². The van der Waals surface area contributed by atoms with Crippen LogP contribution in [-0.4, -0.2) is 41.4 Å². The number of aromatic nitrogens is 3. The quantitative estimate of drug-likeness (QED) is 0.331. The fraction of sp³-hybridized carbons (Fsp3) is 0.296. The van der Waals surface area contributed by atoms with E-state index in [1.165, 1.54) is 6.07 Å². The van der Waals surface area contributed by atoms with Crippen molar-refractivity contribution in [2.45, 2.75) is 38.3 Å². The maximum atomic E-state index is 13.2. The number of methoxy groups -OCH3 is 2. The van der Waals surface area contributed by atoms with Gasteiger partial charge in [-0.25, -0.2) is 0 Å². The lowest BCUT2D eigenvalue weighted by Crippen LogP contribution is -2.36. The Bertz CT molecular complexity index is 1390. The molecule has 188 valence electrons. The number of nitrogens with one attached hydrogen (secondary N) is 1. The zero-order valence-corrected chi connectivity index (χ0v) is 20.4. The Morgan fingerprint density at radius 2 is 1.58 bits per heavy atom. The number of fused-ring (bicyclic) bond motifs is 1. The number of halogens is 3. The Kier molecular flexibility index (Phi) is 6.75. The highest BCUT2D eigenvalue weighted by atomic mass is 19.4. The third kappa shape index (κ3) is 5.05. The number of hydrogen-bond donors (Lipinski definition) is 1. The van der Waals surface area contributed by atoms with E-state index in [4.69, 9.17) is 9.47 Å². The van der Waals surface area contributed by atoms with E-state index in [-0.39, 0.29) is 24.3 Å². The van der Waals surface area contributed by atoms with Crippen molar-refractivity contribution in [1.29, 1.82) is 0 Å². The second kappa shape index (κ2) is 9.64. The molecule has 2 aromatic heterocycles. The molecule has 0 spiro atoms. The summed E-state index contributed by atoms with van der Waals surface area (Å²) in [6.07, 6.45) is -2.54. The number of rotatable bonds is 8. The SMILES string of the molecule is COc1cc2cc(-c3ccc(CC(=O)Cc4cc(C(C)(C)C(F)(F)F)n[nH]4)cc3)cnc2cc1OC. The predicted octanol–water partition coefficient (Wildman–Crippen LogP) is 5.84. The van der Waals surface area contributed by atoms with Gasteiger partial charge in [0.25, 0.3) is 0 Å². The van der Waals surface area contributed by atoms with Crippen molar-refractivity contribution in [2.75, 3.05) is 14.2 Å². The molecule has 36 heavy (non-hydrogen) atoms. The van der Waals surface area contributed by atoms with Gasteiger partial charge in [-0.3, -0.25) is 14.9 Å². The van der Waals surface area contributed by atoms with Crippen molar-refractivity contribution in [3.63, 3.8) is 0 Å². The van der Waals surface area contributed by atoms with E-state index in [1.54, 1.807) is 20.4 Å². The molecule has 0 atom stereocenters. The Morgan fingerprint density at radius 3 is 2.22 bits per heavy atom. The van der Waals surface area contributed by atoms with Gasteiger partial charge in [0.15, 0.2) is 11.5 Å². The first-order valence-corrected chi connectivity index (χ1v) is 11.3. The molecule has 9 heteroatoms. The minimum atomic E-state index is -4.44. The monoisotopic (exact) mass is 497 g/mol. The number of pyridine rings is 1. The number of ketones is 1. The van der Waals surface area contributed by atoms with Crippen LogP contribution in [0.2, 0.25) is 0 Å². The number of alkyl halides is 3. The largest absolute Gasteiger partial charge is 0.493 e. The Labute approximate surface area is 206 Å². The molecule has 4 rings (SSSR count). The van der Waals surface area contributed by atoms with Crippen molar-refractivity contribution in [3.05, 3.63) is 71.7 Å². The number of aromatic amines is 1.